The maximum Gasteiger partial charge on any atom is 0.224 e. The van der Waals surface area contributed by atoms with Gasteiger partial charge in [-0.2, -0.15) is 4.98 Å². The first-order valence-corrected chi connectivity index (χ1v) is 10.9. The van der Waals surface area contributed by atoms with Crippen LogP contribution < -0.4 is 15.5 Å². The first-order chi connectivity index (χ1) is 14.7. The molecule has 4 rings (SSSR count). The molecule has 1 aliphatic heterocycles. The fourth-order valence-corrected chi connectivity index (χ4v) is 3.86. The number of benzene rings is 1. The van der Waals surface area contributed by atoms with Crippen molar-refractivity contribution in [2.75, 3.05) is 61.3 Å². The van der Waals surface area contributed by atoms with Crippen LogP contribution in [0.4, 0.5) is 17.5 Å². The number of piperazine rings is 1. The van der Waals surface area contributed by atoms with Crippen molar-refractivity contribution >= 4 is 40.0 Å². The van der Waals surface area contributed by atoms with Crippen LogP contribution in [0.3, 0.4) is 0 Å². The fraction of sp³-hybridized carbons (Fsp3) is 0.409. The Morgan fingerprint density at radius 3 is 2.60 bits per heavy atom. The number of halogens is 1. The van der Waals surface area contributed by atoms with Gasteiger partial charge in [0.15, 0.2) is 0 Å². The van der Waals surface area contributed by atoms with Gasteiger partial charge in [0.2, 0.25) is 5.95 Å². The van der Waals surface area contributed by atoms with E-state index < -0.39 is 0 Å². The first-order valence-electron chi connectivity index (χ1n) is 10.6. The number of hydrogen-bond donors (Lipinski definition) is 2. The Hall–Kier alpha value is -2.64. The van der Waals surface area contributed by atoms with Gasteiger partial charge in [0, 0.05) is 67.8 Å². The molecule has 0 radical (unpaired) electrons. The van der Waals surface area contributed by atoms with E-state index in [9.17, 15) is 0 Å². The number of likely N-dealkylation sites (N-methyl/N-ethyl adjacent to an activating group) is 1. The van der Waals surface area contributed by atoms with Gasteiger partial charge in [-0.05, 0) is 43.3 Å². The minimum absolute atomic E-state index is 0.689. The summed E-state index contributed by atoms with van der Waals surface area (Å²) in [4.78, 5) is 18.2. The predicted molar refractivity (Wildman–Crippen MR) is 125 cm³/mol. The summed E-state index contributed by atoms with van der Waals surface area (Å²) in [6, 6.07) is 9.77. The number of pyridine rings is 1. The number of rotatable bonds is 8. The van der Waals surface area contributed by atoms with Crippen molar-refractivity contribution in [3.8, 4) is 0 Å². The Labute approximate surface area is 182 Å². The van der Waals surface area contributed by atoms with E-state index in [-0.39, 0.29) is 0 Å². The zero-order valence-corrected chi connectivity index (χ0v) is 18.1. The highest BCUT2D eigenvalue weighted by Crippen LogP contribution is 2.24. The van der Waals surface area contributed by atoms with Crippen LogP contribution in [0.2, 0.25) is 5.02 Å². The monoisotopic (exact) mass is 425 g/mol. The van der Waals surface area contributed by atoms with E-state index in [4.69, 9.17) is 16.6 Å². The van der Waals surface area contributed by atoms with Crippen molar-refractivity contribution in [2.45, 2.75) is 13.3 Å². The van der Waals surface area contributed by atoms with Gasteiger partial charge in [0.1, 0.15) is 5.82 Å². The van der Waals surface area contributed by atoms with Crippen LogP contribution in [0.15, 0.2) is 42.7 Å². The Morgan fingerprint density at radius 1 is 0.967 bits per heavy atom. The Kier molecular flexibility index (Phi) is 6.81. The summed E-state index contributed by atoms with van der Waals surface area (Å²) in [6.45, 7) is 9.17. The van der Waals surface area contributed by atoms with E-state index >= 15 is 0 Å². The molecule has 1 aromatic carbocycles. The summed E-state index contributed by atoms with van der Waals surface area (Å²) in [7, 11) is 0. The zero-order chi connectivity index (χ0) is 20.8. The molecule has 2 N–H and O–H groups in total. The number of nitrogens with zero attached hydrogens (tertiary/aromatic N) is 5. The van der Waals surface area contributed by atoms with Gasteiger partial charge in [0.25, 0.3) is 0 Å². The van der Waals surface area contributed by atoms with E-state index in [2.05, 4.69) is 37.3 Å². The summed E-state index contributed by atoms with van der Waals surface area (Å²) >= 11 is 6.06. The van der Waals surface area contributed by atoms with Gasteiger partial charge in [-0.1, -0.05) is 18.5 Å². The average Bonchev–Trinajstić information content (AvgIpc) is 2.79. The van der Waals surface area contributed by atoms with Crippen molar-refractivity contribution < 1.29 is 0 Å². The summed E-state index contributed by atoms with van der Waals surface area (Å²) in [6.07, 6.45) is 4.59. The standard InChI is InChI=1S/C22H28ClN7/c1-2-29-12-14-30(15-13-29)21-7-11-27-22(28-21)26-9-3-8-24-19-6-10-25-20-16-17(23)4-5-18(19)20/h4-7,10-11,16H,2-3,8-9,12-15H2,1H3,(H,24,25)(H,26,27,28). The Balaban J connectivity index is 1.25. The fourth-order valence-electron chi connectivity index (χ4n) is 3.69. The number of nitrogens with one attached hydrogen (secondary N) is 2. The molecule has 0 unspecified atom stereocenters. The van der Waals surface area contributed by atoms with Crippen molar-refractivity contribution in [1.82, 2.24) is 19.9 Å². The normalized spacial score (nSPS) is 14.8. The van der Waals surface area contributed by atoms with Crippen LogP contribution in [-0.4, -0.2) is 65.7 Å². The molecular formula is C22H28ClN7. The van der Waals surface area contributed by atoms with E-state index in [1.54, 1.807) is 6.20 Å². The van der Waals surface area contributed by atoms with Crippen molar-refractivity contribution in [2.24, 2.45) is 0 Å². The van der Waals surface area contributed by atoms with Gasteiger partial charge in [-0.15, -0.1) is 0 Å². The van der Waals surface area contributed by atoms with Gasteiger partial charge in [0.05, 0.1) is 5.52 Å². The molecule has 0 spiro atoms. The molecule has 158 valence electrons. The van der Waals surface area contributed by atoms with Crippen LogP contribution in [0.25, 0.3) is 10.9 Å². The molecule has 30 heavy (non-hydrogen) atoms. The Morgan fingerprint density at radius 2 is 1.77 bits per heavy atom. The molecule has 0 saturated carbocycles. The minimum atomic E-state index is 0.689. The lowest BCUT2D eigenvalue weighted by molar-refractivity contribution is 0.270. The summed E-state index contributed by atoms with van der Waals surface area (Å²) < 4.78 is 0. The van der Waals surface area contributed by atoms with Crippen LogP contribution in [0, 0.1) is 0 Å². The zero-order valence-electron chi connectivity index (χ0n) is 17.3. The number of hydrogen-bond acceptors (Lipinski definition) is 7. The van der Waals surface area contributed by atoms with Gasteiger partial charge >= 0.3 is 0 Å². The largest absolute Gasteiger partial charge is 0.384 e. The highest BCUT2D eigenvalue weighted by Gasteiger charge is 2.17. The first kappa shape index (κ1) is 20.6. The van der Waals surface area contributed by atoms with Crippen molar-refractivity contribution in [3.05, 3.63) is 47.7 Å². The van der Waals surface area contributed by atoms with Crippen molar-refractivity contribution in [3.63, 3.8) is 0 Å². The molecule has 3 aromatic rings. The van der Waals surface area contributed by atoms with Crippen molar-refractivity contribution in [1.29, 1.82) is 0 Å². The molecule has 0 amide bonds. The molecule has 1 aliphatic rings. The van der Waals surface area contributed by atoms with Gasteiger partial charge in [-0.3, -0.25) is 4.98 Å². The second kappa shape index (κ2) is 9.91. The average molecular weight is 426 g/mol. The molecule has 7 nitrogen and oxygen atoms in total. The summed E-state index contributed by atoms with van der Waals surface area (Å²) in [5.41, 5.74) is 1.97. The molecule has 0 aliphatic carbocycles. The van der Waals surface area contributed by atoms with Crippen LogP contribution >= 0.6 is 11.6 Å². The van der Waals surface area contributed by atoms with Crippen LogP contribution in [-0.2, 0) is 0 Å². The molecule has 0 bridgehead atoms. The highest BCUT2D eigenvalue weighted by molar-refractivity contribution is 6.31. The Bertz CT molecular complexity index is 973. The van der Waals surface area contributed by atoms with E-state index in [1.807, 2.05) is 36.5 Å². The highest BCUT2D eigenvalue weighted by atomic mass is 35.5. The second-order valence-corrected chi connectivity index (χ2v) is 7.82. The van der Waals surface area contributed by atoms with Crippen LogP contribution in [0.5, 0.6) is 0 Å². The maximum atomic E-state index is 6.06. The molecule has 1 fully saturated rings. The van der Waals surface area contributed by atoms with E-state index in [0.717, 1.165) is 74.6 Å². The lowest BCUT2D eigenvalue weighted by Crippen LogP contribution is -2.46. The summed E-state index contributed by atoms with van der Waals surface area (Å²) in [5, 5.41) is 8.61. The van der Waals surface area contributed by atoms with E-state index in [0.29, 0.717) is 11.0 Å². The molecule has 2 aromatic heterocycles. The van der Waals surface area contributed by atoms with Gasteiger partial charge < -0.3 is 20.4 Å². The summed E-state index contributed by atoms with van der Waals surface area (Å²) in [5.74, 6) is 1.69. The van der Waals surface area contributed by atoms with E-state index in [1.165, 1.54) is 0 Å². The quantitative estimate of drug-likeness (QED) is 0.533. The SMILES string of the molecule is CCN1CCN(c2ccnc(NCCCNc3ccnc4cc(Cl)ccc34)n2)CC1. The second-order valence-electron chi connectivity index (χ2n) is 7.39. The third-order valence-electron chi connectivity index (χ3n) is 5.44. The smallest absolute Gasteiger partial charge is 0.224 e. The topological polar surface area (TPSA) is 69.2 Å². The molecule has 1 saturated heterocycles. The number of fused-ring (bicyclic) bond motifs is 1. The van der Waals surface area contributed by atoms with Crippen LogP contribution in [0.1, 0.15) is 13.3 Å². The van der Waals surface area contributed by atoms with Gasteiger partial charge in [-0.25, -0.2) is 4.98 Å². The molecular weight excluding hydrogens is 398 g/mol. The third kappa shape index (κ3) is 5.09. The predicted octanol–water partition coefficient (Wildman–Crippen LogP) is 3.73. The molecule has 0 atom stereocenters. The maximum absolute atomic E-state index is 6.06. The lowest BCUT2D eigenvalue weighted by atomic mass is 10.2. The number of aromatic nitrogens is 3. The minimum Gasteiger partial charge on any atom is -0.384 e. The molecule has 3 heterocycles. The number of anilines is 3. The lowest BCUT2D eigenvalue weighted by Gasteiger charge is -2.34. The molecule has 8 heteroatoms. The third-order valence-corrected chi connectivity index (χ3v) is 5.68.